The summed E-state index contributed by atoms with van der Waals surface area (Å²) < 4.78 is 5.41. The summed E-state index contributed by atoms with van der Waals surface area (Å²) in [6.45, 7) is 4.08. The van der Waals surface area contributed by atoms with Crippen LogP contribution in [0, 0.1) is 6.92 Å². The smallest absolute Gasteiger partial charge is 0.283 e. The van der Waals surface area contributed by atoms with Gasteiger partial charge in [-0.2, -0.15) is 5.10 Å². The van der Waals surface area contributed by atoms with Gasteiger partial charge in [-0.25, -0.2) is 14.4 Å². The van der Waals surface area contributed by atoms with Crippen molar-refractivity contribution in [1.82, 2.24) is 14.0 Å². The second-order valence-corrected chi connectivity index (χ2v) is 11.2. The van der Waals surface area contributed by atoms with Crippen LogP contribution in [-0.2, 0) is 7.05 Å². The van der Waals surface area contributed by atoms with E-state index < -0.39 is 0 Å². The molecule has 2 heterocycles. The Morgan fingerprint density at radius 2 is 1.35 bits per heavy atom. The first kappa shape index (κ1) is 28.1. The largest absolute Gasteiger partial charge is 0.297 e. The van der Waals surface area contributed by atoms with Crippen LogP contribution in [0.1, 0.15) is 31.0 Å². The molecule has 0 saturated heterocycles. The summed E-state index contributed by atoms with van der Waals surface area (Å²) in [7, 11) is 1.89. The van der Waals surface area contributed by atoms with Crippen molar-refractivity contribution in [3.8, 4) is 28.1 Å². The van der Waals surface area contributed by atoms with E-state index in [1.165, 1.54) is 16.9 Å². The van der Waals surface area contributed by atoms with Crippen molar-refractivity contribution in [2.24, 2.45) is 17.1 Å². The monoisotopic (exact) mass is 583 g/mol. The molecule has 0 fully saturated rings. The summed E-state index contributed by atoms with van der Waals surface area (Å²) in [5.74, 6) is 0. The molecule has 2 aromatic heterocycles. The van der Waals surface area contributed by atoms with Crippen LogP contribution in [0.4, 0.5) is 5.69 Å². The van der Waals surface area contributed by atoms with Gasteiger partial charge in [-0.3, -0.25) is 9.48 Å². The van der Waals surface area contributed by atoms with E-state index in [0.29, 0.717) is 10.5 Å². The molecule has 0 saturated carbocycles. The van der Waals surface area contributed by atoms with E-state index in [-0.39, 0.29) is 5.56 Å². The number of para-hydroxylation sites is 1. The maximum absolute atomic E-state index is 13.7. The van der Waals surface area contributed by atoms with E-state index in [1.54, 1.807) is 4.68 Å². The average Bonchev–Trinajstić information content (AvgIpc) is 3.55. The Kier molecular flexibility index (Phi) is 8.16. The van der Waals surface area contributed by atoms with Crippen molar-refractivity contribution in [3.63, 3.8) is 0 Å². The van der Waals surface area contributed by atoms with Crippen LogP contribution in [0.25, 0.3) is 28.1 Å². The van der Waals surface area contributed by atoms with Crippen LogP contribution in [0.5, 0.6) is 0 Å². The molecule has 4 aromatic carbocycles. The second kappa shape index (κ2) is 12.5. The number of rotatable bonds is 8. The van der Waals surface area contributed by atoms with Gasteiger partial charge in [-0.15, -0.1) is 11.3 Å². The molecule has 0 aliphatic rings. The van der Waals surface area contributed by atoms with Gasteiger partial charge >= 0.3 is 0 Å². The molecule has 7 heteroatoms. The SMILES string of the molecule is CCC/C(=N/n1c(-c2ccc(-c3ccccc3)cc2)csc1=Nc1c(C)n(C)n(-c2ccccc2)c1=O)c1ccccc1. The molecular formula is C36H33N5OS. The van der Waals surface area contributed by atoms with Crippen LogP contribution in [0.2, 0.25) is 0 Å². The van der Waals surface area contributed by atoms with Gasteiger partial charge in [0.05, 0.1) is 22.8 Å². The number of thiazole rings is 1. The summed E-state index contributed by atoms with van der Waals surface area (Å²) in [5.41, 5.74) is 8.12. The van der Waals surface area contributed by atoms with Gasteiger partial charge in [-0.05, 0) is 42.2 Å². The van der Waals surface area contributed by atoms with Crippen molar-refractivity contribution in [2.45, 2.75) is 26.7 Å². The number of nitrogens with zero attached hydrogens (tertiary/aromatic N) is 5. The van der Waals surface area contributed by atoms with Crippen LogP contribution in [0.3, 0.4) is 0 Å². The lowest BCUT2D eigenvalue weighted by molar-refractivity contribution is 0.630. The van der Waals surface area contributed by atoms with Gasteiger partial charge in [-0.1, -0.05) is 116 Å². The van der Waals surface area contributed by atoms with Crippen molar-refractivity contribution >= 4 is 22.7 Å². The van der Waals surface area contributed by atoms with Crippen LogP contribution >= 0.6 is 11.3 Å². The third-order valence-electron chi connectivity index (χ3n) is 7.52. The molecule has 43 heavy (non-hydrogen) atoms. The predicted molar refractivity (Wildman–Crippen MR) is 177 cm³/mol. The highest BCUT2D eigenvalue weighted by Crippen LogP contribution is 2.26. The zero-order valence-corrected chi connectivity index (χ0v) is 25.3. The van der Waals surface area contributed by atoms with Crippen LogP contribution in [-0.4, -0.2) is 19.8 Å². The minimum absolute atomic E-state index is 0.166. The third-order valence-corrected chi connectivity index (χ3v) is 8.34. The fourth-order valence-corrected chi connectivity index (χ4v) is 5.99. The van der Waals surface area contributed by atoms with Gasteiger partial charge in [0.2, 0.25) is 4.80 Å². The first-order valence-electron chi connectivity index (χ1n) is 14.4. The Morgan fingerprint density at radius 3 is 2.00 bits per heavy atom. The van der Waals surface area contributed by atoms with Gasteiger partial charge in [0, 0.05) is 18.0 Å². The Bertz CT molecular complexity index is 2000. The van der Waals surface area contributed by atoms with E-state index in [1.807, 2.05) is 77.9 Å². The van der Waals surface area contributed by atoms with Crippen molar-refractivity contribution < 1.29 is 0 Å². The summed E-state index contributed by atoms with van der Waals surface area (Å²) in [5, 5.41) is 7.28. The van der Waals surface area contributed by atoms with Gasteiger partial charge in [0.25, 0.3) is 5.56 Å². The van der Waals surface area contributed by atoms with Crippen molar-refractivity contribution in [2.75, 3.05) is 0 Å². The highest BCUT2D eigenvalue weighted by molar-refractivity contribution is 7.07. The van der Waals surface area contributed by atoms with Crippen LogP contribution in [0.15, 0.2) is 136 Å². The summed E-state index contributed by atoms with van der Waals surface area (Å²) in [6.07, 6.45) is 1.76. The Hall–Kier alpha value is -5.01. The fraction of sp³-hybridized carbons (Fsp3) is 0.139. The van der Waals surface area contributed by atoms with E-state index in [4.69, 9.17) is 10.1 Å². The normalized spacial score (nSPS) is 12.2. The van der Waals surface area contributed by atoms with Crippen LogP contribution < -0.4 is 10.4 Å². The topological polar surface area (TPSA) is 56.6 Å². The standard InChI is InChI=1S/C36H33N5OS/c1-4-14-32(29-17-10-6-11-18-29)38-40-33(30-23-21-28(22-24-30)27-15-8-5-9-16-27)25-43-36(40)37-34-26(2)39(3)41(35(34)42)31-19-12-7-13-20-31/h5-13,15-25H,4,14H2,1-3H3/b37-36?,38-32-. The Labute approximate surface area is 255 Å². The number of hydrogen-bond acceptors (Lipinski definition) is 4. The van der Waals surface area contributed by atoms with E-state index in [9.17, 15) is 4.79 Å². The molecule has 0 atom stereocenters. The zero-order valence-electron chi connectivity index (χ0n) is 24.5. The molecule has 0 N–H and O–H groups in total. The first-order chi connectivity index (χ1) is 21.0. The summed E-state index contributed by atoms with van der Waals surface area (Å²) >= 11 is 1.48. The molecule has 6 rings (SSSR count). The lowest BCUT2D eigenvalue weighted by Gasteiger charge is -2.10. The maximum atomic E-state index is 13.7. The average molecular weight is 584 g/mol. The Balaban J connectivity index is 1.54. The summed E-state index contributed by atoms with van der Waals surface area (Å²) in [6, 6.07) is 38.8. The molecule has 6 nitrogen and oxygen atoms in total. The highest BCUT2D eigenvalue weighted by Gasteiger charge is 2.17. The zero-order chi connectivity index (χ0) is 29.8. The van der Waals surface area contributed by atoms with Gasteiger partial charge < -0.3 is 0 Å². The van der Waals surface area contributed by atoms with Crippen molar-refractivity contribution in [3.05, 3.63) is 147 Å². The third kappa shape index (κ3) is 5.72. The van der Waals surface area contributed by atoms with E-state index in [0.717, 1.165) is 52.3 Å². The molecule has 6 aromatic rings. The van der Waals surface area contributed by atoms with E-state index in [2.05, 4.69) is 73.0 Å². The lowest BCUT2D eigenvalue weighted by Crippen LogP contribution is -2.20. The van der Waals surface area contributed by atoms with E-state index >= 15 is 0 Å². The van der Waals surface area contributed by atoms with Gasteiger partial charge in [0.15, 0.2) is 5.69 Å². The molecule has 214 valence electrons. The molecule has 0 amide bonds. The second-order valence-electron chi connectivity index (χ2n) is 10.3. The quantitative estimate of drug-likeness (QED) is 0.168. The molecule has 0 unspecified atom stereocenters. The molecule has 0 spiro atoms. The number of benzene rings is 4. The summed E-state index contributed by atoms with van der Waals surface area (Å²) in [4.78, 5) is 19.4. The molecule has 0 radical (unpaired) electrons. The molecule has 0 aliphatic carbocycles. The lowest BCUT2D eigenvalue weighted by atomic mass is 10.0. The predicted octanol–water partition coefficient (Wildman–Crippen LogP) is 7.97. The maximum Gasteiger partial charge on any atom is 0.297 e. The molecular weight excluding hydrogens is 550 g/mol. The Morgan fingerprint density at radius 1 is 0.767 bits per heavy atom. The fourth-order valence-electron chi connectivity index (χ4n) is 5.15. The highest BCUT2D eigenvalue weighted by atomic mass is 32.1. The van der Waals surface area contributed by atoms with Crippen molar-refractivity contribution in [1.29, 1.82) is 0 Å². The number of hydrogen-bond donors (Lipinski definition) is 0. The first-order valence-corrected chi connectivity index (χ1v) is 15.3. The minimum atomic E-state index is -0.166. The van der Waals surface area contributed by atoms with Gasteiger partial charge in [0.1, 0.15) is 0 Å². The molecule has 0 bridgehead atoms. The minimum Gasteiger partial charge on any atom is -0.283 e. The molecule has 0 aliphatic heterocycles. The number of aromatic nitrogens is 3.